The number of hydrogen-bond acceptors (Lipinski definition) is 3. The van der Waals surface area contributed by atoms with E-state index in [0.717, 1.165) is 23.8 Å². The van der Waals surface area contributed by atoms with Crippen LogP contribution in [0.25, 0.3) is 0 Å². The van der Waals surface area contributed by atoms with Gasteiger partial charge in [-0.25, -0.2) is 8.78 Å². The molecular weight excluding hydrogens is 278 g/mol. The summed E-state index contributed by atoms with van der Waals surface area (Å²) in [7, 11) is 0. The van der Waals surface area contributed by atoms with Gasteiger partial charge in [-0.05, 0) is 30.7 Å². The molecule has 0 fully saturated rings. The predicted octanol–water partition coefficient (Wildman–Crippen LogP) is 3.72. The molecule has 0 saturated carbocycles. The molecule has 2 rings (SSSR count). The minimum atomic E-state index is -0.490. The molecule has 1 N–H and O–H groups in total. The second-order valence-corrected chi connectivity index (χ2v) is 4.69. The van der Waals surface area contributed by atoms with E-state index in [1.54, 1.807) is 19.1 Å². The van der Waals surface area contributed by atoms with Crippen molar-refractivity contribution in [2.75, 3.05) is 0 Å². The molecule has 2 aromatic carbocycles. The van der Waals surface area contributed by atoms with Gasteiger partial charge in [0.2, 0.25) is 0 Å². The Morgan fingerprint density at radius 2 is 1.86 bits per heavy atom. The lowest BCUT2D eigenvalue weighted by molar-refractivity contribution is -0.384. The van der Waals surface area contributed by atoms with E-state index in [1.807, 2.05) is 0 Å². The van der Waals surface area contributed by atoms with E-state index in [4.69, 9.17) is 0 Å². The van der Waals surface area contributed by atoms with E-state index in [2.05, 4.69) is 5.32 Å². The number of rotatable bonds is 5. The molecule has 0 aliphatic heterocycles. The number of nitro benzene ring substituents is 1. The summed E-state index contributed by atoms with van der Waals surface area (Å²) in [6.07, 6.45) is 0. The number of non-ortho nitro benzene ring substituents is 1. The fraction of sp³-hybridized carbons (Fsp3) is 0.200. The zero-order valence-corrected chi connectivity index (χ0v) is 11.3. The Morgan fingerprint density at radius 3 is 2.48 bits per heavy atom. The summed E-state index contributed by atoms with van der Waals surface area (Å²) in [6.45, 7) is 2.12. The Bertz CT molecular complexity index is 645. The van der Waals surface area contributed by atoms with Gasteiger partial charge in [0, 0.05) is 30.3 Å². The van der Waals surface area contributed by atoms with Crippen LogP contribution in [0.1, 0.15) is 24.1 Å². The normalized spacial score (nSPS) is 12.1. The first kappa shape index (κ1) is 15.1. The lowest BCUT2D eigenvalue weighted by Crippen LogP contribution is -2.19. The molecule has 0 aliphatic rings. The molecule has 0 aliphatic carbocycles. The number of benzene rings is 2. The van der Waals surface area contributed by atoms with Crippen molar-refractivity contribution < 1.29 is 13.7 Å². The third-order valence-electron chi connectivity index (χ3n) is 3.18. The molecule has 6 heteroatoms. The standard InChI is InChI=1S/C15H14F2N2O2/c1-10(14-8-12(16)4-7-15(14)17)18-9-11-2-5-13(6-3-11)19(20)21/h2-8,10,18H,9H2,1H3. The highest BCUT2D eigenvalue weighted by Crippen LogP contribution is 2.19. The van der Waals surface area contributed by atoms with Crippen molar-refractivity contribution in [3.8, 4) is 0 Å². The van der Waals surface area contributed by atoms with E-state index in [1.165, 1.54) is 12.1 Å². The van der Waals surface area contributed by atoms with Crippen LogP contribution in [0.3, 0.4) is 0 Å². The van der Waals surface area contributed by atoms with Gasteiger partial charge in [-0.3, -0.25) is 10.1 Å². The highest BCUT2D eigenvalue weighted by molar-refractivity contribution is 5.33. The van der Waals surface area contributed by atoms with Gasteiger partial charge in [0.25, 0.3) is 5.69 Å². The second kappa shape index (κ2) is 6.41. The van der Waals surface area contributed by atoms with Crippen molar-refractivity contribution in [1.82, 2.24) is 5.32 Å². The van der Waals surface area contributed by atoms with Crippen molar-refractivity contribution in [3.63, 3.8) is 0 Å². The van der Waals surface area contributed by atoms with E-state index < -0.39 is 16.6 Å². The monoisotopic (exact) mass is 292 g/mol. The quantitative estimate of drug-likeness (QED) is 0.675. The maximum atomic E-state index is 13.6. The van der Waals surface area contributed by atoms with Gasteiger partial charge in [-0.1, -0.05) is 12.1 Å². The molecule has 0 radical (unpaired) electrons. The van der Waals surface area contributed by atoms with Gasteiger partial charge in [-0.15, -0.1) is 0 Å². The van der Waals surface area contributed by atoms with Gasteiger partial charge in [0.05, 0.1) is 4.92 Å². The zero-order chi connectivity index (χ0) is 15.4. The van der Waals surface area contributed by atoms with Gasteiger partial charge < -0.3 is 5.32 Å². The fourth-order valence-electron chi connectivity index (χ4n) is 1.96. The molecule has 0 aromatic heterocycles. The molecule has 0 amide bonds. The number of nitrogens with one attached hydrogen (secondary N) is 1. The Morgan fingerprint density at radius 1 is 1.19 bits per heavy atom. The summed E-state index contributed by atoms with van der Waals surface area (Å²) in [6, 6.07) is 9.00. The van der Waals surface area contributed by atoms with Crippen LogP contribution in [0.5, 0.6) is 0 Å². The first-order valence-electron chi connectivity index (χ1n) is 6.39. The number of nitrogens with zero attached hydrogens (tertiary/aromatic N) is 1. The molecule has 1 atom stereocenters. The van der Waals surface area contributed by atoms with Crippen molar-refractivity contribution in [3.05, 3.63) is 75.3 Å². The molecule has 0 bridgehead atoms. The number of nitro groups is 1. The Labute approximate surface area is 120 Å². The lowest BCUT2D eigenvalue weighted by Gasteiger charge is -2.15. The molecular formula is C15H14F2N2O2. The number of halogens is 2. The summed E-state index contributed by atoms with van der Waals surface area (Å²) >= 11 is 0. The number of hydrogen-bond donors (Lipinski definition) is 1. The minimum Gasteiger partial charge on any atom is -0.306 e. The van der Waals surface area contributed by atoms with Crippen LogP contribution < -0.4 is 5.32 Å². The second-order valence-electron chi connectivity index (χ2n) is 4.69. The maximum absolute atomic E-state index is 13.6. The van der Waals surface area contributed by atoms with Crippen LogP contribution in [-0.2, 0) is 6.54 Å². The van der Waals surface area contributed by atoms with Gasteiger partial charge in [0.1, 0.15) is 11.6 Å². The Hall–Kier alpha value is -2.34. The van der Waals surface area contributed by atoms with Crippen LogP contribution in [0.4, 0.5) is 14.5 Å². The van der Waals surface area contributed by atoms with Gasteiger partial charge in [-0.2, -0.15) is 0 Å². The van der Waals surface area contributed by atoms with E-state index in [0.29, 0.717) is 6.54 Å². The first-order chi connectivity index (χ1) is 9.97. The topological polar surface area (TPSA) is 55.2 Å². The molecule has 4 nitrogen and oxygen atoms in total. The van der Waals surface area contributed by atoms with Crippen LogP contribution in [0.15, 0.2) is 42.5 Å². The van der Waals surface area contributed by atoms with Crippen molar-refractivity contribution in [2.24, 2.45) is 0 Å². The van der Waals surface area contributed by atoms with Crippen LogP contribution in [0.2, 0.25) is 0 Å². The van der Waals surface area contributed by atoms with Crippen LogP contribution >= 0.6 is 0 Å². The molecule has 0 saturated heterocycles. The molecule has 21 heavy (non-hydrogen) atoms. The lowest BCUT2D eigenvalue weighted by atomic mass is 10.1. The predicted molar refractivity (Wildman–Crippen MR) is 74.7 cm³/mol. The van der Waals surface area contributed by atoms with E-state index in [-0.39, 0.29) is 17.3 Å². The van der Waals surface area contributed by atoms with Crippen LogP contribution in [0, 0.1) is 21.7 Å². The molecule has 110 valence electrons. The summed E-state index contributed by atoms with van der Waals surface area (Å²) in [5.74, 6) is -0.963. The Kier molecular flexibility index (Phi) is 4.59. The largest absolute Gasteiger partial charge is 0.306 e. The highest BCUT2D eigenvalue weighted by atomic mass is 19.1. The minimum absolute atomic E-state index is 0.0166. The van der Waals surface area contributed by atoms with Crippen LogP contribution in [-0.4, -0.2) is 4.92 Å². The van der Waals surface area contributed by atoms with Gasteiger partial charge in [0.15, 0.2) is 0 Å². The molecule has 0 spiro atoms. The molecule has 1 unspecified atom stereocenters. The van der Waals surface area contributed by atoms with Crippen molar-refractivity contribution in [2.45, 2.75) is 19.5 Å². The zero-order valence-electron chi connectivity index (χ0n) is 11.3. The first-order valence-corrected chi connectivity index (χ1v) is 6.39. The summed E-state index contributed by atoms with van der Waals surface area (Å²) < 4.78 is 26.7. The third-order valence-corrected chi connectivity index (χ3v) is 3.18. The Balaban J connectivity index is 2.02. The summed E-state index contributed by atoms with van der Waals surface area (Å²) in [5.41, 5.74) is 1.09. The van der Waals surface area contributed by atoms with Crippen molar-refractivity contribution in [1.29, 1.82) is 0 Å². The molecule has 0 heterocycles. The molecule has 2 aromatic rings. The van der Waals surface area contributed by atoms with E-state index in [9.17, 15) is 18.9 Å². The van der Waals surface area contributed by atoms with E-state index >= 15 is 0 Å². The third kappa shape index (κ3) is 3.82. The summed E-state index contributed by atoms with van der Waals surface area (Å²) in [5, 5.41) is 13.6. The maximum Gasteiger partial charge on any atom is 0.269 e. The summed E-state index contributed by atoms with van der Waals surface area (Å²) in [4.78, 5) is 10.1. The average Bonchev–Trinajstić information content (AvgIpc) is 2.47. The van der Waals surface area contributed by atoms with Crippen molar-refractivity contribution >= 4 is 5.69 Å². The highest BCUT2D eigenvalue weighted by Gasteiger charge is 2.12. The average molecular weight is 292 g/mol. The fourth-order valence-corrected chi connectivity index (χ4v) is 1.96. The smallest absolute Gasteiger partial charge is 0.269 e. The van der Waals surface area contributed by atoms with Gasteiger partial charge >= 0.3 is 0 Å². The SMILES string of the molecule is CC(NCc1ccc([N+](=O)[O-])cc1)c1cc(F)ccc1F.